The molecule has 1 aromatic carbocycles. The average molecular weight is 466 g/mol. The van der Waals surface area contributed by atoms with E-state index in [1.807, 2.05) is 47.5 Å². The third-order valence-corrected chi connectivity index (χ3v) is 6.70. The zero-order valence-corrected chi connectivity index (χ0v) is 20.9. The molecule has 0 aliphatic carbocycles. The van der Waals surface area contributed by atoms with Crippen LogP contribution in [0.5, 0.6) is 11.5 Å². The summed E-state index contributed by atoms with van der Waals surface area (Å²) in [4.78, 5) is 22.1. The van der Waals surface area contributed by atoms with E-state index in [0.29, 0.717) is 18.6 Å². The van der Waals surface area contributed by atoms with Crippen molar-refractivity contribution in [2.24, 2.45) is 0 Å². The van der Waals surface area contributed by atoms with Gasteiger partial charge in [0.05, 0.1) is 19.9 Å². The van der Waals surface area contributed by atoms with E-state index in [0.717, 1.165) is 78.7 Å². The first kappa shape index (κ1) is 24.0. The van der Waals surface area contributed by atoms with Gasteiger partial charge >= 0.3 is 0 Å². The van der Waals surface area contributed by atoms with Crippen LogP contribution in [0.3, 0.4) is 0 Å². The highest BCUT2D eigenvalue weighted by molar-refractivity contribution is 5.77. The molecule has 0 saturated carbocycles. The maximum atomic E-state index is 12.9. The lowest BCUT2D eigenvalue weighted by Gasteiger charge is -2.34. The lowest BCUT2D eigenvalue weighted by atomic mass is 10.1. The Morgan fingerprint density at radius 3 is 2.50 bits per heavy atom. The van der Waals surface area contributed by atoms with Crippen molar-refractivity contribution in [2.75, 3.05) is 46.9 Å². The Morgan fingerprint density at radius 1 is 1.06 bits per heavy atom. The van der Waals surface area contributed by atoms with Crippen LogP contribution in [-0.4, -0.2) is 77.2 Å². The number of aryl methyl sites for hydroxylation is 2. The molecule has 8 heteroatoms. The Kier molecular flexibility index (Phi) is 7.36. The number of hydrogen-bond acceptors (Lipinski definition) is 6. The fourth-order valence-corrected chi connectivity index (χ4v) is 4.76. The second-order valence-electron chi connectivity index (χ2n) is 8.85. The van der Waals surface area contributed by atoms with Crippen molar-refractivity contribution < 1.29 is 14.3 Å². The molecule has 0 atom stereocenters. The van der Waals surface area contributed by atoms with Gasteiger partial charge in [-0.2, -0.15) is 5.10 Å². The number of carbonyl (C=O) groups excluding carboxylic acids is 1. The number of nitrogens with zero attached hydrogens (tertiary/aromatic N) is 5. The minimum Gasteiger partial charge on any atom is -0.497 e. The van der Waals surface area contributed by atoms with Gasteiger partial charge in [0.2, 0.25) is 5.91 Å². The molecule has 0 bridgehead atoms. The van der Waals surface area contributed by atoms with Gasteiger partial charge in [0, 0.05) is 61.7 Å². The van der Waals surface area contributed by atoms with Gasteiger partial charge in [0.25, 0.3) is 0 Å². The molecule has 0 radical (unpaired) electrons. The molecule has 34 heavy (non-hydrogen) atoms. The second-order valence-corrected chi connectivity index (χ2v) is 8.85. The number of fused-ring (bicyclic) bond motifs is 1. The van der Waals surface area contributed by atoms with Crippen LogP contribution in [-0.2, 0) is 11.2 Å². The molecule has 1 amide bonds. The van der Waals surface area contributed by atoms with Gasteiger partial charge in [0.15, 0.2) is 5.65 Å². The highest BCUT2D eigenvalue weighted by Crippen LogP contribution is 2.33. The minimum absolute atomic E-state index is 0.221. The van der Waals surface area contributed by atoms with Crippen molar-refractivity contribution in [1.29, 1.82) is 0 Å². The molecule has 0 spiro atoms. The molecule has 8 nitrogen and oxygen atoms in total. The summed E-state index contributed by atoms with van der Waals surface area (Å²) in [5, 5.41) is 4.82. The van der Waals surface area contributed by atoms with E-state index in [1.54, 1.807) is 14.2 Å². The normalized spacial score (nSPS) is 14.6. The smallest absolute Gasteiger partial charge is 0.222 e. The maximum Gasteiger partial charge on any atom is 0.222 e. The summed E-state index contributed by atoms with van der Waals surface area (Å²) in [6, 6.07) is 7.66. The molecular formula is C26H35N5O3. The Bertz CT molecular complexity index is 1160. The van der Waals surface area contributed by atoms with E-state index in [-0.39, 0.29) is 5.91 Å². The zero-order valence-electron chi connectivity index (χ0n) is 20.9. The van der Waals surface area contributed by atoms with Crippen molar-refractivity contribution in [3.8, 4) is 22.8 Å². The van der Waals surface area contributed by atoms with Gasteiger partial charge in [-0.1, -0.05) is 6.92 Å². The number of piperazine rings is 1. The van der Waals surface area contributed by atoms with Crippen LogP contribution in [0.25, 0.3) is 16.9 Å². The molecule has 0 unspecified atom stereocenters. The van der Waals surface area contributed by atoms with Crippen molar-refractivity contribution >= 4 is 11.6 Å². The molecule has 1 aliphatic rings. The van der Waals surface area contributed by atoms with Crippen LogP contribution in [0, 0.1) is 13.8 Å². The summed E-state index contributed by atoms with van der Waals surface area (Å²) in [7, 11) is 3.27. The Balaban J connectivity index is 1.52. The summed E-state index contributed by atoms with van der Waals surface area (Å²) >= 11 is 0. The van der Waals surface area contributed by atoms with Crippen molar-refractivity contribution in [2.45, 2.75) is 40.0 Å². The Hall–Kier alpha value is -3.13. The fourth-order valence-electron chi connectivity index (χ4n) is 4.76. The molecule has 4 rings (SSSR count). The van der Waals surface area contributed by atoms with E-state index in [9.17, 15) is 4.79 Å². The molecule has 182 valence electrons. The SMILES string of the molecule is CCCN1CCN(C(=O)CCc2c(C)nc3cc(-c4ccc(OC)cc4OC)nn3c2C)CC1. The first-order chi connectivity index (χ1) is 16.4. The number of methoxy groups -OCH3 is 2. The zero-order chi connectivity index (χ0) is 24.2. The predicted molar refractivity (Wildman–Crippen MR) is 133 cm³/mol. The molecule has 1 fully saturated rings. The second kappa shape index (κ2) is 10.4. The highest BCUT2D eigenvalue weighted by Gasteiger charge is 2.22. The molecule has 3 aromatic rings. The van der Waals surface area contributed by atoms with Gasteiger partial charge in [-0.3, -0.25) is 9.69 Å². The average Bonchev–Trinajstić information content (AvgIpc) is 3.28. The summed E-state index contributed by atoms with van der Waals surface area (Å²) < 4.78 is 12.7. The standard InChI is InChI=1S/C26H35N5O3/c1-6-11-29-12-14-30(15-13-29)26(32)10-9-21-18(2)27-25-17-23(28-31(25)19(21)3)22-8-7-20(33-4)16-24(22)34-5/h7-8,16-17H,6,9-15H2,1-5H3. The van der Waals surface area contributed by atoms with Crippen LogP contribution in [0.1, 0.15) is 36.7 Å². The predicted octanol–water partition coefficient (Wildman–Crippen LogP) is 3.52. The first-order valence-corrected chi connectivity index (χ1v) is 12.0. The lowest BCUT2D eigenvalue weighted by molar-refractivity contribution is -0.132. The van der Waals surface area contributed by atoms with E-state index in [4.69, 9.17) is 19.6 Å². The van der Waals surface area contributed by atoms with E-state index >= 15 is 0 Å². The van der Waals surface area contributed by atoms with Crippen LogP contribution < -0.4 is 9.47 Å². The third kappa shape index (κ3) is 4.87. The van der Waals surface area contributed by atoms with E-state index in [2.05, 4.69) is 11.8 Å². The molecule has 2 aromatic heterocycles. The summed E-state index contributed by atoms with van der Waals surface area (Å²) in [5.41, 5.74) is 5.49. The fraction of sp³-hybridized carbons (Fsp3) is 0.500. The van der Waals surface area contributed by atoms with E-state index < -0.39 is 0 Å². The first-order valence-electron chi connectivity index (χ1n) is 12.0. The monoisotopic (exact) mass is 465 g/mol. The van der Waals surface area contributed by atoms with Gasteiger partial charge in [0.1, 0.15) is 11.5 Å². The van der Waals surface area contributed by atoms with Crippen LogP contribution in [0.15, 0.2) is 24.3 Å². The van der Waals surface area contributed by atoms with Crippen LogP contribution in [0.4, 0.5) is 0 Å². The lowest BCUT2D eigenvalue weighted by Crippen LogP contribution is -2.48. The topological polar surface area (TPSA) is 72.2 Å². The van der Waals surface area contributed by atoms with Gasteiger partial charge in [-0.15, -0.1) is 0 Å². The van der Waals surface area contributed by atoms with E-state index in [1.165, 1.54) is 0 Å². The molecular weight excluding hydrogens is 430 g/mol. The Labute approximate surface area is 201 Å². The number of ether oxygens (including phenoxy) is 2. The number of benzene rings is 1. The van der Waals surface area contributed by atoms with Crippen molar-refractivity contribution in [1.82, 2.24) is 24.4 Å². The minimum atomic E-state index is 0.221. The number of rotatable bonds is 8. The molecule has 0 N–H and O–H groups in total. The molecule has 1 saturated heterocycles. The summed E-state index contributed by atoms with van der Waals surface area (Å²) in [6.45, 7) is 10.9. The molecule has 1 aliphatic heterocycles. The van der Waals surface area contributed by atoms with Crippen molar-refractivity contribution in [3.05, 3.63) is 41.2 Å². The van der Waals surface area contributed by atoms with Gasteiger partial charge in [-0.25, -0.2) is 9.50 Å². The van der Waals surface area contributed by atoms with Crippen molar-refractivity contribution in [3.63, 3.8) is 0 Å². The van der Waals surface area contributed by atoms with Gasteiger partial charge in [-0.05, 0) is 50.9 Å². The number of amides is 1. The third-order valence-electron chi connectivity index (χ3n) is 6.70. The summed E-state index contributed by atoms with van der Waals surface area (Å²) in [6.07, 6.45) is 2.31. The maximum absolute atomic E-state index is 12.9. The number of aromatic nitrogens is 3. The molecule has 3 heterocycles. The van der Waals surface area contributed by atoms with Gasteiger partial charge < -0.3 is 14.4 Å². The summed E-state index contributed by atoms with van der Waals surface area (Å²) in [5.74, 6) is 1.65. The van der Waals surface area contributed by atoms with Crippen LogP contribution in [0.2, 0.25) is 0 Å². The number of hydrogen-bond donors (Lipinski definition) is 0. The number of carbonyl (C=O) groups is 1. The largest absolute Gasteiger partial charge is 0.497 e. The van der Waals surface area contributed by atoms with Crippen LogP contribution >= 0.6 is 0 Å². The quantitative estimate of drug-likeness (QED) is 0.507. The Morgan fingerprint density at radius 2 is 1.82 bits per heavy atom. The highest BCUT2D eigenvalue weighted by atomic mass is 16.5.